The molecule has 2 amide bonds. The maximum atomic E-state index is 12.6. The van der Waals surface area contributed by atoms with Crippen LogP contribution >= 0.6 is 23.8 Å². The number of piperazine rings is 1. The van der Waals surface area contributed by atoms with E-state index in [4.69, 9.17) is 28.6 Å². The molecule has 0 radical (unpaired) electrons. The zero-order chi connectivity index (χ0) is 25.4. The number of hydrogen-bond donors (Lipinski definition) is 2. The molecule has 1 saturated heterocycles. The molecule has 0 saturated carbocycles. The van der Waals surface area contributed by atoms with Crippen LogP contribution in [0.3, 0.4) is 0 Å². The van der Waals surface area contributed by atoms with Crippen molar-refractivity contribution in [3.63, 3.8) is 0 Å². The fourth-order valence-electron chi connectivity index (χ4n) is 3.77. The highest BCUT2D eigenvalue weighted by molar-refractivity contribution is 7.80. The normalized spacial score (nSPS) is 13.5. The smallest absolute Gasteiger partial charge is 0.257 e. The minimum Gasteiger partial charge on any atom is -0.494 e. The molecule has 0 atom stereocenters. The van der Waals surface area contributed by atoms with Crippen molar-refractivity contribution in [2.24, 2.45) is 5.92 Å². The molecule has 1 heterocycles. The van der Waals surface area contributed by atoms with Gasteiger partial charge in [-0.2, -0.15) is 0 Å². The number of unbranched alkanes of at least 4 members (excludes halogenated alkanes) is 1. The molecular weight excluding hydrogens is 484 g/mol. The summed E-state index contributed by atoms with van der Waals surface area (Å²) >= 11 is 11.9. The van der Waals surface area contributed by atoms with E-state index in [0.717, 1.165) is 31.6 Å². The van der Waals surface area contributed by atoms with Gasteiger partial charge in [0.25, 0.3) is 5.91 Å². The summed E-state index contributed by atoms with van der Waals surface area (Å²) in [5, 5.41) is 6.46. The first-order valence-electron chi connectivity index (χ1n) is 12.0. The Morgan fingerprint density at radius 2 is 1.86 bits per heavy atom. The predicted molar refractivity (Wildman–Crippen MR) is 146 cm³/mol. The number of carbonyl (C=O) groups excluding carboxylic acids is 2. The van der Waals surface area contributed by atoms with Crippen LogP contribution in [-0.2, 0) is 4.79 Å². The Balaban J connectivity index is 1.54. The lowest BCUT2D eigenvalue weighted by atomic mass is 10.1. The first kappa shape index (κ1) is 26.8. The Labute approximate surface area is 217 Å². The number of ether oxygens (including phenoxy) is 1. The van der Waals surface area contributed by atoms with Gasteiger partial charge in [0.05, 0.1) is 17.3 Å². The van der Waals surface area contributed by atoms with Gasteiger partial charge in [-0.05, 0) is 55.0 Å². The van der Waals surface area contributed by atoms with Crippen molar-refractivity contribution in [3.05, 3.63) is 53.1 Å². The average Bonchev–Trinajstić information content (AvgIpc) is 2.84. The van der Waals surface area contributed by atoms with Gasteiger partial charge in [0, 0.05) is 43.3 Å². The van der Waals surface area contributed by atoms with Crippen molar-refractivity contribution < 1.29 is 14.3 Å². The van der Waals surface area contributed by atoms with Gasteiger partial charge in [0.1, 0.15) is 5.75 Å². The van der Waals surface area contributed by atoms with Crippen molar-refractivity contribution in [1.82, 2.24) is 10.2 Å². The fraction of sp³-hybridized carbons (Fsp3) is 0.423. The Hall–Kier alpha value is -2.84. The third kappa shape index (κ3) is 7.57. The number of benzene rings is 2. The van der Waals surface area contributed by atoms with E-state index < -0.39 is 0 Å². The highest BCUT2D eigenvalue weighted by atomic mass is 35.5. The monoisotopic (exact) mass is 516 g/mol. The van der Waals surface area contributed by atoms with Crippen LogP contribution in [-0.4, -0.2) is 54.6 Å². The third-order valence-electron chi connectivity index (χ3n) is 5.72. The van der Waals surface area contributed by atoms with E-state index in [2.05, 4.69) is 22.5 Å². The summed E-state index contributed by atoms with van der Waals surface area (Å²) in [7, 11) is 0. The zero-order valence-electron chi connectivity index (χ0n) is 20.5. The van der Waals surface area contributed by atoms with Crippen LogP contribution in [0.1, 0.15) is 44.0 Å². The molecule has 2 aromatic rings. The first-order chi connectivity index (χ1) is 16.8. The number of rotatable bonds is 8. The first-order valence-corrected chi connectivity index (χ1v) is 12.8. The van der Waals surface area contributed by atoms with E-state index in [1.807, 2.05) is 36.9 Å². The van der Waals surface area contributed by atoms with Gasteiger partial charge >= 0.3 is 0 Å². The van der Waals surface area contributed by atoms with Crippen molar-refractivity contribution in [2.45, 2.75) is 33.6 Å². The Morgan fingerprint density at radius 3 is 2.51 bits per heavy atom. The molecule has 0 aliphatic carbocycles. The van der Waals surface area contributed by atoms with Gasteiger partial charge in [-0.1, -0.05) is 44.9 Å². The van der Waals surface area contributed by atoms with E-state index in [0.29, 0.717) is 41.7 Å². The molecule has 0 bridgehead atoms. The van der Waals surface area contributed by atoms with Crippen LogP contribution in [0, 0.1) is 5.92 Å². The van der Waals surface area contributed by atoms with E-state index in [1.54, 1.807) is 24.3 Å². The number of anilines is 2. The maximum absolute atomic E-state index is 12.6. The number of amides is 2. The molecule has 2 N–H and O–H groups in total. The van der Waals surface area contributed by atoms with Crippen LogP contribution in [0.15, 0.2) is 42.5 Å². The lowest BCUT2D eigenvalue weighted by Gasteiger charge is -2.37. The second-order valence-electron chi connectivity index (χ2n) is 8.77. The van der Waals surface area contributed by atoms with Gasteiger partial charge in [-0.15, -0.1) is 0 Å². The van der Waals surface area contributed by atoms with Crippen molar-refractivity contribution in [1.29, 1.82) is 0 Å². The molecule has 2 aromatic carbocycles. The van der Waals surface area contributed by atoms with Crippen LogP contribution in [0.4, 0.5) is 11.4 Å². The molecule has 188 valence electrons. The molecule has 35 heavy (non-hydrogen) atoms. The topological polar surface area (TPSA) is 73.9 Å². The van der Waals surface area contributed by atoms with Gasteiger partial charge in [0.15, 0.2) is 5.11 Å². The van der Waals surface area contributed by atoms with Crippen LogP contribution in [0.25, 0.3) is 0 Å². The van der Waals surface area contributed by atoms with Gasteiger partial charge in [-0.3, -0.25) is 14.9 Å². The molecule has 3 rings (SSSR count). The SMILES string of the molecule is CCCCOc1cccc(C(=O)NC(=S)Nc2ccc(N3CCN(C(=O)C(C)C)CC3)c(Cl)c2)c1. The van der Waals surface area contributed by atoms with E-state index >= 15 is 0 Å². The van der Waals surface area contributed by atoms with E-state index in [9.17, 15) is 9.59 Å². The molecule has 7 nitrogen and oxygen atoms in total. The molecule has 0 spiro atoms. The predicted octanol–water partition coefficient (Wildman–Crippen LogP) is 4.95. The summed E-state index contributed by atoms with van der Waals surface area (Å²) in [6, 6.07) is 12.6. The summed E-state index contributed by atoms with van der Waals surface area (Å²) < 4.78 is 5.67. The quantitative estimate of drug-likeness (QED) is 0.382. The zero-order valence-corrected chi connectivity index (χ0v) is 22.0. The van der Waals surface area contributed by atoms with Gasteiger partial charge < -0.3 is 19.9 Å². The Bertz CT molecular complexity index is 1050. The number of nitrogens with zero attached hydrogens (tertiary/aromatic N) is 2. The average molecular weight is 517 g/mol. The van der Waals surface area contributed by atoms with Crippen LogP contribution < -0.4 is 20.3 Å². The maximum Gasteiger partial charge on any atom is 0.257 e. The molecular formula is C26H33ClN4O3S. The fourth-order valence-corrected chi connectivity index (χ4v) is 4.28. The Morgan fingerprint density at radius 1 is 1.11 bits per heavy atom. The molecule has 0 unspecified atom stereocenters. The Kier molecular flexibility index (Phi) is 9.74. The molecule has 1 aliphatic heterocycles. The van der Waals surface area contributed by atoms with Crippen molar-refractivity contribution >= 4 is 52.1 Å². The molecule has 9 heteroatoms. The lowest BCUT2D eigenvalue weighted by Crippen LogP contribution is -2.50. The number of nitrogens with one attached hydrogen (secondary N) is 2. The highest BCUT2D eigenvalue weighted by Gasteiger charge is 2.24. The number of halogens is 1. The second kappa shape index (κ2) is 12.7. The third-order valence-corrected chi connectivity index (χ3v) is 6.23. The number of carbonyl (C=O) groups is 2. The number of thiocarbonyl (C=S) groups is 1. The largest absolute Gasteiger partial charge is 0.494 e. The summed E-state index contributed by atoms with van der Waals surface area (Å²) in [5.41, 5.74) is 2.05. The minimum absolute atomic E-state index is 0.00268. The van der Waals surface area contributed by atoms with Gasteiger partial charge in [-0.25, -0.2) is 0 Å². The van der Waals surface area contributed by atoms with Crippen LogP contribution in [0.5, 0.6) is 5.75 Å². The second-order valence-corrected chi connectivity index (χ2v) is 9.59. The summed E-state index contributed by atoms with van der Waals surface area (Å²) in [4.78, 5) is 28.9. The van der Waals surface area contributed by atoms with Gasteiger partial charge in [0.2, 0.25) is 5.91 Å². The lowest BCUT2D eigenvalue weighted by molar-refractivity contribution is -0.134. The van der Waals surface area contributed by atoms with E-state index in [1.165, 1.54) is 0 Å². The molecule has 1 aliphatic rings. The van der Waals surface area contributed by atoms with E-state index in [-0.39, 0.29) is 22.8 Å². The minimum atomic E-state index is -0.319. The number of hydrogen-bond acceptors (Lipinski definition) is 5. The summed E-state index contributed by atoms with van der Waals surface area (Å²) in [6.07, 6.45) is 2.00. The molecule has 1 fully saturated rings. The standard InChI is InChI=1S/C26H33ClN4O3S/c1-4-5-15-34-21-8-6-7-19(16-21)24(32)29-26(35)28-20-9-10-23(22(27)17-20)30-11-13-31(14-12-30)25(33)18(2)3/h6-10,16-18H,4-5,11-15H2,1-3H3,(H2,28,29,32,35). The van der Waals surface area contributed by atoms with Crippen LogP contribution in [0.2, 0.25) is 5.02 Å². The summed E-state index contributed by atoms with van der Waals surface area (Å²) in [6.45, 7) is 9.35. The van der Waals surface area contributed by atoms with Crippen molar-refractivity contribution in [2.75, 3.05) is 43.0 Å². The highest BCUT2D eigenvalue weighted by Crippen LogP contribution is 2.30. The molecule has 0 aromatic heterocycles. The summed E-state index contributed by atoms with van der Waals surface area (Å²) in [5.74, 6) is 0.520. The van der Waals surface area contributed by atoms with Crippen molar-refractivity contribution in [3.8, 4) is 5.75 Å².